The molecular formula is C7H7NO3Zn. The van der Waals surface area contributed by atoms with Gasteiger partial charge in [0, 0.05) is 25.7 Å². The van der Waals surface area contributed by atoms with E-state index in [1.165, 1.54) is 13.3 Å². The van der Waals surface area contributed by atoms with Crippen molar-refractivity contribution in [1.29, 1.82) is 0 Å². The van der Waals surface area contributed by atoms with E-state index in [-0.39, 0.29) is 30.9 Å². The summed E-state index contributed by atoms with van der Waals surface area (Å²) < 4.78 is 4.76. The molecule has 1 N–H and O–H groups in total. The van der Waals surface area contributed by atoms with Crippen molar-refractivity contribution in [2.75, 3.05) is 7.11 Å². The summed E-state index contributed by atoms with van der Waals surface area (Å²) >= 11 is 0. The molecule has 60 valence electrons. The minimum atomic E-state index is -1.08. The molecule has 0 spiro atoms. The second kappa shape index (κ2) is 4.83. The molecule has 0 bridgehead atoms. The molecule has 4 nitrogen and oxygen atoms in total. The van der Waals surface area contributed by atoms with Crippen LogP contribution in [0.1, 0.15) is 10.5 Å². The molecule has 0 fully saturated rings. The first-order chi connectivity index (χ1) is 5.25. The van der Waals surface area contributed by atoms with Crippen LogP contribution in [0.25, 0.3) is 0 Å². The molecule has 1 rings (SSSR count). The molecule has 0 aliphatic heterocycles. The molecule has 0 saturated heterocycles. The Balaban J connectivity index is 0.00000121. The summed E-state index contributed by atoms with van der Waals surface area (Å²) in [4.78, 5) is 14.1. The maximum absolute atomic E-state index is 10.4. The van der Waals surface area contributed by atoms with Gasteiger partial charge in [-0.3, -0.25) is 0 Å². The summed E-state index contributed by atoms with van der Waals surface area (Å²) in [7, 11) is 1.41. The van der Waals surface area contributed by atoms with Crippen LogP contribution >= 0.6 is 0 Å². The summed E-state index contributed by atoms with van der Waals surface area (Å²) in [6.07, 6.45) is 1.41. The van der Waals surface area contributed by atoms with Gasteiger partial charge in [-0.05, 0) is 12.1 Å². The first-order valence-electron chi connectivity index (χ1n) is 2.98. The Labute approximate surface area is 82.3 Å². The van der Waals surface area contributed by atoms with Crippen molar-refractivity contribution in [2.24, 2.45) is 0 Å². The van der Waals surface area contributed by atoms with Crippen LogP contribution < -0.4 is 4.74 Å². The van der Waals surface area contributed by atoms with Gasteiger partial charge in [0.1, 0.15) is 0 Å². The third-order valence-electron chi connectivity index (χ3n) is 1.19. The zero-order chi connectivity index (χ0) is 8.27. The van der Waals surface area contributed by atoms with E-state index < -0.39 is 5.97 Å². The SMILES string of the molecule is COc1cccnc1C(=O)O.[Zn]. The van der Waals surface area contributed by atoms with Gasteiger partial charge in [0.25, 0.3) is 0 Å². The number of hydrogen-bond acceptors (Lipinski definition) is 3. The maximum atomic E-state index is 10.4. The van der Waals surface area contributed by atoms with Crippen molar-refractivity contribution in [1.82, 2.24) is 4.98 Å². The Morgan fingerprint density at radius 2 is 2.33 bits per heavy atom. The van der Waals surface area contributed by atoms with Crippen molar-refractivity contribution in [3.63, 3.8) is 0 Å². The van der Waals surface area contributed by atoms with Crippen molar-refractivity contribution >= 4 is 5.97 Å². The summed E-state index contributed by atoms with van der Waals surface area (Å²) in [5.41, 5.74) is -0.0602. The molecule has 0 aliphatic carbocycles. The Bertz CT molecular complexity index is 277. The molecule has 1 heterocycles. The molecule has 1 aromatic rings. The number of pyridine rings is 1. The topological polar surface area (TPSA) is 59.4 Å². The number of methoxy groups -OCH3 is 1. The predicted molar refractivity (Wildman–Crippen MR) is 37.7 cm³/mol. The van der Waals surface area contributed by atoms with E-state index in [4.69, 9.17) is 9.84 Å². The molecule has 12 heavy (non-hydrogen) atoms. The fraction of sp³-hybridized carbons (Fsp3) is 0.143. The molecule has 0 amide bonds. The number of carboxylic acids is 1. The molecular weight excluding hydrogens is 211 g/mol. The Hall–Kier alpha value is -0.957. The standard InChI is InChI=1S/C7H7NO3.Zn/c1-11-5-3-2-4-8-6(5)7(9)10;/h2-4H,1H3,(H,9,10);. The molecule has 5 heteroatoms. The number of nitrogens with zero attached hydrogens (tertiary/aromatic N) is 1. The predicted octanol–water partition coefficient (Wildman–Crippen LogP) is 0.786. The summed E-state index contributed by atoms with van der Waals surface area (Å²) in [5.74, 6) is -0.803. The maximum Gasteiger partial charge on any atom is 0.358 e. The summed E-state index contributed by atoms with van der Waals surface area (Å²) in [6, 6.07) is 3.17. The summed E-state index contributed by atoms with van der Waals surface area (Å²) in [5, 5.41) is 8.55. The van der Waals surface area contributed by atoms with Crippen LogP contribution in [0.15, 0.2) is 18.3 Å². The minimum absolute atomic E-state index is 0. The van der Waals surface area contributed by atoms with E-state index >= 15 is 0 Å². The van der Waals surface area contributed by atoms with Gasteiger partial charge in [-0.15, -0.1) is 0 Å². The Morgan fingerprint density at radius 1 is 1.67 bits per heavy atom. The average Bonchev–Trinajstić information content (AvgIpc) is 2.04. The monoisotopic (exact) mass is 217 g/mol. The zero-order valence-corrected chi connectivity index (χ0v) is 9.62. The van der Waals surface area contributed by atoms with Crippen molar-refractivity contribution < 1.29 is 34.1 Å². The molecule has 0 saturated carbocycles. The van der Waals surface area contributed by atoms with Crippen molar-refractivity contribution in [2.45, 2.75) is 0 Å². The van der Waals surface area contributed by atoms with Crippen LogP contribution in [0.2, 0.25) is 0 Å². The molecule has 0 unspecified atom stereocenters. The molecule has 0 atom stereocenters. The first kappa shape index (κ1) is 11.0. The van der Waals surface area contributed by atoms with E-state index in [1.807, 2.05) is 0 Å². The fourth-order valence-electron chi connectivity index (χ4n) is 0.716. The van der Waals surface area contributed by atoms with Gasteiger partial charge in [0.15, 0.2) is 11.4 Å². The molecule has 0 aliphatic rings. The quantitative estimate of drug-likeness (QED) is 0.746. The van der Waals surface area contributed by atoms with Crippen LogP contribution in [0.5, 0.6) is 5.75 Å². The van der Waals surface area contributed by atoms with Crippen LogP contribution in [-0.2, 0) is 19.5 Å². The number of rotatable bonds is 2. The summed E-state index contributed by atoms with van der Waals surface area (Å²) in [6.45, 7) is 0. The van der Waals surface area contributed by atoms with Gasteiger partial charge in [0.2, 0.25) is 0 Å². The second-order valence-electron chi connectivity index (χ2n) is 1.86. The minimum Gasteiger partial charge on any atom is -0.494 e. The number of carbonyl (C=O) groups is 1. The van der Waals surface area contributed by atoms with Gasteiger partial charge in [-0.1, -0.05) is 0 Å². The van der Waals surface area contributed by atoms with E-state index in [9.17, 15) is 4.79 Å². The molecule has 1 aromatic heterocycles. The molecule has 0 aromatic carbocycles. The third kappa shape index (κ3) is 2.27. The second-order valence-corrected chi connectivity index (χ2v) is 1.86. The number of aromatic carboxylic acids is 1. The smallest absolute Gasteiger partial charge is 0.358 e. The van der Waals surface area contributed by atoms with Gasteiger partial charge in [0.05, 0.1) is 7.11 Å². The van der Waals surface area contributed by atoms with E-state index in [0.717, 1.165) is 0 Å². The zero-order valence-electron chi connectivity index (χ0n) is 6.65. The first-order valence-corrected chi connectivity index (χ1v) is 2.98. The average molecular weight is 219 g/mol. The van der Waals surface area contributed by atoms with E-state index in [0.29, 0.717) is 0 Å². The van der Waals surface area contributed by atoms with E-state index in [2.05, 4.69) is 4.98 Å². The molecule has 0 radical (unpaired) electrons. The number of ether oxygens (including phenoxy) is 1. The van der Waals surface area contributed by atoms with Crippen LogP contribution in [0, 0.1) is 0 Å². The van der Waals surface area contributed by atoms with Gasteiger partial charge in [-0.2, -0.15) is 0 Å². The van der Waals surface area contributed by atoms with Crippen molar-refractivity contribution in [3.8, 4) is 5.75 Å². The van der Waals surface area contributed by atoms with Gasteiger partial charge >= 0.3 is 5.97 Å². The van der Waals surface area contributed by atoms with Gasteiger partial charge in [-0.25, -0.2) is 9.78 Å². The number of carboxylic acid groups (broad SMARTS) is 1. The number of hydrogen-bond donors (Lipinski definition) is 1. The van der Waals surface area contributed by atoms with Crippen LogP contribution in [0.3, 0.4) is 0 Å². The Kier molecular flexibility index (Phi) is 4.44. The van der Waals surface area contributed by atoms with Gasteiger partial charge < -0.3 is 9.84 Å². The normalized spacial score (nSPS) is 8.42. The fourth-order valence-corrected chi connectivity index (χ4v) is 0.716. The van der Waals surface area contributed by atoms with E-state index in [1.54, 1.807) is 12.1 Å². The van der Waals surface area contributed by atoms with Crippen LogP contribution in [-0.4, -0.2) is 23.2 Å². The Morgan fingerprint density at radius 3 is 2.75 bits per heavy atom. The number of aromatic nitrogens is 1. The third-order valence-corrected chi connectivity index (χ3v) is 1.19. The van der Waals surface area contributed by atoms with Crippen molar-refractivity contribution in [3.05, 3.63) is 24.0 Å². The largest absolute Gasteiger partial charge is 0.494 e. The van der Waals surface area contributed by atoms with Crippen LogP contribution in [0.4, 0.5) is 0 Å².